The van der Waals surface area contributed by atoms with Gasteiger partial charge in [-0.25, -0.2) is 4.79 Å². The molecule has 5 nitrogen and oxygen atoms in total. The standard InChI is InChI=1S/C20H24BrN3O2/c1-19(2,3)26-18(25)23-17-11-24(12-20(17)7-8-20)16-6-9-22-15-5-4-13(21)10-14(15)16/h4-6,9-10,17H,7-8,11-12H2,1-3H3,(H,23,25)/t17-/m0/s1. The molecule has 0 bridgehead atoms. The zero-order valence-electron chi connectivity index (χ0n) is 15.4. The Morgan fingerprint density at radius 2 is 2.12 bits per heavy atom. The highest BCUT2D eigenvalue weighted by molar-refractivity contribution is 9.10. The third-order valence-corrected chi connectivity index (χ3v) is 5.75. The van der Waals surface area contributed by atoms with Crippen molar-refractivity contribution in [2.24, 2.45) is 5.41 Å². The topological polar surface area (TPSA) is 54.5 Å². The number of alkyl carbamates (subject to hydrolysis) is 1. The lowest BCUT2D eigenvalue weighted by atomic mass is 10.0. The molecule has 1 N–H and O–H groups in total. The second kappa shape index (κ2) is 6.12. The van der Waals surface area contributed by atoms with Crippen LogP contribution in [0.2, 0.25) is 0 Å². The molecule has 4 rings (SSSR count). The molecular weight excluding hydrogens is 394 g/mol. The van der Waals surface area contributed by atoms with E-state index >= 15 is 0 Å². The predicted molar refractivity (Wildman–Crippen MR) is 106 cm³/mol. The molecule has 1 aromatic carbocycles. The molecule has 2 aliphatic rings. The molecule has 1 saturated heterocycles. The lowest BCUT2D eigenvalue weighted by Crippen LogP contribution is -2.44. The monoisotopic (exact) mass is 417 g/mol. The van der Waals surface area contributed by atoms with E-state index in [2.05, 4.69) is 43.3 Å². The van der Waals surface area contributed by atoms with E-state index in [4.69, 9.17) is 4.74 Å². The number of pyridine rings is 1. The number of halogens is 1. The smallest absolute Gasteiger partial charge is 0.407 e. The van der Waals surface area contributed by atoms with Crippen LogP contribution in [0.3, 0.4) is 0 Å². The molecule has 2 fully saturated rings. The molecule has 6 heteroatoms. The minimum Gasteiger partial charge on any atom is -0.444 e. The van der Waals surface area contributed by atoms with E-state index in [0.29, 0.717) is 0 Å². The maximum atomic E-state index is 12.3. The summed E-state index contributed by atoms with van der Waals surface area (Å²) in [5.41, 5.74) is 1.86. The minimum absolute atomic E-state index is 0.118. The van der Waals surface area contributed by atoms with E-state index in [9.17, 15) is 4.79 Å². The molecule has 1 amide bonds. The molecule has 0 radical (unpaired) electrons. The average Bonchev–Trinajstić information content (AvgIpc) is 3.23. The highest BCUT2D eigenvalue weighted by Crippen LogP contribution is 2.54. The van der Waals surface area contributed by atoms with Crippen molar-refractivity contribution in [3.8, 4) is 0 Å². The van der Waals surface area contributed by atoms with Gasteiger partial charge in [-0.3, -0.25) is 4.98 Å². The first-order chi connectivity index (χ1) is 12.3. The van der Waals surface area contributed by atoms with Crippen molar-refractivity contribution in [3.63, 3.8) is 0 Å². The molecule has 138 valence electrons. The predicted octanol–water partition coefficient (Wildman–Crippen LogP) is 4.49. The first-order valence-electron chi connectivity index (χ1n) is 9.05. The number of fused-ring (bicyclic) bond motifs is 1. The van der Waals surface area contributed by atoms with Crippen LogP contribution in [0.4, 0.5) is 10.5 Å². The van der Waals surface area contributed by atoms with E-state index in [-0.39, 0.29) is 17.6 Å². The van der Waals surface area contributed by atoms with Crippen LogP contribution in [-0.2, 0) is 4.74 Å². The number of nitrogens with zero attached hydrogens (tertiary/aromatic N) is 2. The zero-order valence-corrected chi connectivity index (χ0v) is 17.0. The number of hydrogen-bond acceptors (Lipinski definition) is 4. The number of anilines is 1. The SMILES string of the molecule is CC(C)(C)OC(=O)N[C@H]1CN(c2ccnc3ccc(Br)cc23)CC12CC2. The van der Waals surface area contributed by atoms with Gasteiger partial charge in [0.15, 0.2) is 0 Å². The van der Waals surface area contributed by atoms with Gasteiger partial charge in [-0.05, 0) is 57.9 Å². The van der Waals surface area contributed by atoms with E-state index in [1.54, 1.807) is 0 Å². The summed E-state index contributed by atoms with van der Waals surface area (Å²) < 4.78 is 6.51. The van der Waals surface area contributed by atoms with Gasteiger partial charge in [0.1, 0.15) is 5.60 Å². The van der Waals surface area contributed by atoms with Gasteiger partial charge < -0.3 is 15.0 Å². The van der Waals surface area contributed by atoms with E-state index < -0.39 is 5.60 Å². The Kier molecular flexibility index (Phi) is 4.14. The van der Waals surface area contributed by atoms with Gasteiger partial charge in [-0.2, -0.15) is 0 Å². The molecule has 1 spiro atoms. The summed E-state index contributed by atoms with van der Waals surface area (Å²) in [6, 6.07) is 8.35. The summed E-state index contributed by atoms with van der Waals surface area (Å²) in [6.07, 6.45) is 3.84. The van der Waals surface area contributed by atoms with Crippen molar-refractivity contribution in [3.05, 3.63) is 34.9 Å². The summed E-state index contributed by atoms with van der Waals surface area (Å²) >= 11 is 3.56. The number of amides is 1. The number of benzene rings is 1. The molecular formula is C20H24BrN3O2. The van der Waals surface area contributed by atoms with Crippen molar-refractivity contribution < 1.29 is 9.53 Å². The van der Waals surface area contributed by atoms with Crippen LogP contribution in [0.25, 0.3) is 10.9 Å². The zero-order chi connectivity index (χ0) is 18.5. The van der Waals surface area contributed by atoms with Crippen molar-refractivity contribution in [2.75, 3.05) is 18.0 Å². The van der Waals surface area contributed by atoms with Gasteiger partial charge in [-0.1, -0.05) is 15.9 Å². The Morgan fingerprint density at radius 1 is 1.35 bits per heavy atom. The second-order valence-electron chi connectivity index (χ2n) is 8.43. The molecule has 2 aromatic rings. The first-order valence-corrected chi connectivity index (χ1v) is 9.84. The third-order valence-electron chi connectivity index (χ3n) is 5.25. The van der Waals surface area contributed by atoms with Gasteiger partial charge in [0.2, 0.25) is 0 Å². The average molecular weight is 418 g/mol. The molecule has 2 heterocycles. The Balaban J connectivity index is 1.57. The fourth-order valence-corrected chi connectivity index (χ4v) is 4.21. The van der Waals surface area contributed by atoms with Gasteiger partial charge in [-0.15, -0.1) is 0 Å². The summed E-state index contributed by atoms with van der Waals surface area (Å²) in [7, 11) is 0. The van der Waals surface area contributed by atoms with Gasteiger partial charge in [0.05, 0.1) is 11.6 Å². The van der Waals surface area contributed by atoms with E-state index in [1.165, 1.54) is 5.69 Å². The Morgan fingerprint density at radius 3 is 2.81 bits per heavy atom. The number of hydrogen-bond donors (Lipinski definition) is 1. The summed E-state index contributed by atoms with van der Waals surface area (Å²) in [5, 5.41) is 4.25. The van der Waals surface area contributed by atoms with Crippen LogP contribution in [0, 0.1) is 5.41 Å². The van der Waals surface area contributed by atoms with Crippen LogP contribution < -0.4 is 10.2 Å². The number of rotatable bonds is 2. The molecule has 1 saturated carbocycles. The largest absolute Gasteiger partial charge is 0.444 e. The molecule has 1 aliphatic heterocycles. The normalized spacial score (nSPS) is 21.2. The van der Waals surface area contributed by atoms with E-state index in [0.717, 1.165) is 41.3 Å². The molecule has 1 atom stereocenters. The molecule has 1 aromatic heterocycles. The van der Waals surface area contributed by atoms with Crippen LogP contribution in [0.5, 0.6) is 0 Å². The Hall–Kier alpha value is -1.82. The van der Waals surface area contributed by atoms with Gasteiger partial charge in [0.25, 0.3) is 0 Å². The quantitative estimate of drug-likeness (QED) is 0.781. The maximum Gasteiger partial charge on any atom is 0.407 e. The van der Waals surface area contributed by atoms with Crippen molar-refractivity contribution in [2.45, 2.75) is 45.3 Å². The minimum atomic E-state index is -0.479. The third kappa shape index (κ3) is 3.39. The van der Waals surface area contributed by atoms with Gasteiger partial charge in [0, 0.05) is 40.2 Å². The molecule has 26 heavy (non-hydrogen) atoms. The number of carbonyl (C=O) groups is 1. The molecule has 0 unspecified atom stereocenters. The van der Waals surface area contributed by atoms with E-state index in [1.807, 2.05) is 39.1 Å². The van der Waals surface area contributed by atoms with Crippen molar-refractivity contribution in [1.29, 1.82) is 0 Å². The van der Waals surface area contributed by atoms with Crippen LogP contribution in [-0.4, -0.2) is 35.8 Å². The summed E-state index contributed by atoms with van der Waals surface area (Å²) in [6.45, 7) is 7.42. The number of aromatic nitrogens is 1. The summed E-state index contributed by atoms with van der Waals surface area (Å²) in [5.74, 6) is 0. The maximum absolute atomic E-state index is 12.3. The second-order valence-corrected chi connectivity index (χ2v) is 9.35. The van der Waals surface area contributed by atoms with Crippen LogP contribution in [0.15, 0.2) is 34.9 Å². The lowest BCUT2D eigenvalue weighted by molar-refractivity contribution is 0.0493. The fourth-order valence-electron chi connectivity index (χ4n) is 3.85. The van der Waals surface area contributed by atoms with Crippen LogP contribution >= 0.6 is 15.9 Å². The Bertz CT molecular complexity index is 858. The number of ether oxygens (including phenoxy) is 1. The van der Waals surface area contributed by atoms with Gasteiger partial charge >= 0.3 is 6.09 Å². The lowest BCUT2D eigenvalue weighted by Gasteiger charge is -2.24. The summed E-state index contributed by atoms with van der Waals surface area (Å²) in [4.78, 5) is 19.1. The van der Waals surface area contributed by atoms with Crippen molar-refractivity contribution in [1.82, 2.24) is 10.3 Å². The highest BCUT2D eigenvalue weighted by Gasteiger charge is 2.56. The number of carbonyl (C=O) groups excluding carboxylic acids is 1. The molecule has 1 aliphatic carbocycles. The number of nitrogens with one attached hydrogen (secondary N) is 1. The van der Waals surface area contributed by atoms with Crippen molar-refractivity contribution >= 4 is 38.6 Å². The fraction of sp³-hybridized carbons (Fsp3) is 0.500. The highest BCUT2D eigenvalue weighted by atomic mass is 79.9. The first kappa shape index (κ1) is 17.6. The van der Waals surface area contributed by atoms with Crippen LogP contribution in [0.1, 0.15) is 33.6 Å². The Labute approximate surface area is 162 Å².